The van der Waals surface area contributed by atoms with Crippen LogP contribution in [-0.2, 0) is 13.6 Å². The molecule has 4 rings (SSSR count). The summed E-state index contributed by atoms with van der Waals surface area (Å²) in [6, 6.07) is 12.6. The van der Waals surface area contributed by atoms with E-state index in [9.17, 15) is 14.8 Å². The van der Waals surface area contributed by atoms with Crippen molar-refractivity contribution >= 4 is 10.9 Å². The molecule has 2 aromatic carbocycles. The van der Waals surface area contributed by atoms with Crippen LogP contribution >= 0.6 is 0 Å². The van der Waals surface area contributed by atoms with E-state index in [1.54, 1.807) is 36.2 Å². The maximum absolute atomic E-state index is 12.2. The minimum absolute atomic E-state index is 0.104. The van der Waals surface area contributed by atoms with Gasteiger partial charge in [-0.05, 0) is 29.8 Å². The number of rotatable bonds is 4. The molecule has 142 valence electrons. The summed E-state index contributed by atoms with van der Waals surface area (Å²) >= 11 is 0. The largest absolute Gasteiger partial charge is 0.497 e. The minimum atomic E-state index is -0.796. The summed E-state index contributed by atoms with van der Waals surface area (Å²) in [6.07, 6.45) is 1.77. The second-order valence-electron chi connectivity index (χ2n) is 6.34. The molecule has 0 aliphatic rings. The van der Waals surface area contributed by atoms with Gasteiger partial charge in [0, 0.05) is 12.6 Å². The molecule has 2 heterocycles. The first-order valence-corrected chi connectivity index (χ1v) is 8.46. The number of hydrogen-bond acceptors (Lipinski definition) is 6. The van der Waals surface area contributed by atoms with Crippen molar-refractivity contribution in [2.24, 2.45) is 7.05 Å². The summed E-state index contributed by atoms with van der Waals surface area (Å²) in [7, 11) is 3.10. The molecular formula is C19H17N5O4. The predicted octanol–water partition coefficient (Wildman–Crippen LogP) is 1.25. The Kier molecular flexibility index (Phi) is 4.19. The van der Waals surface area contributed by atoms with Crippen LogP contribution in [0.3, 0.4) is 0 Å². The van der Waals surface area contributed by atoms with Crippen molar-refractivity contribution in [3.63, 3.8) is 0 Å². The Morgan fingerprint density at radius 1 is 1.11 bits per heavy atom. The molecule has 0 saturated heterocycles. The molecule has 0 bridgehead atoms. The zero-order valence-corrected chi connectivity index (χ0v) is 15.2. The normalized spacial score (nSPS) is 11.1. The first-order chi connectivity index (χ1) is 13.5. The Labute approximate surface area is 158 Å². The quantitative estimate of drug-likeness (QED) is 0.535. The Bertz CT molecular complexity index is 1280. The summed E-state index contributed by atoms with van der Waals surface area (Å²) in [5.74, 6) is 0.781. The number of hydrogen-bond donors (Lipinski definition) is 1. The van der Waals surface area contributed by atoms with E-state index in [2.05, 4.69) is 10.3 Å². The van der Waals surface area contributed by atoms with E-state index < -0.39 is 11.2 Å². The Morgan fingerprint density at radius 2 is 1.86 bits per heavy atom. The van der Waals surface area contributed by atoms with Gasteiger partial charge in [0.2, 0.25) is 0 Å². The van der Waals surface area contributed by atoms with Crippen molar-refractivity contribution in [1.82, 2.24) is 24.3 Å². The maximum Gasteiger partial charge on any atom is 0.364 e. The van der Waals surface area contributed by atoms with Gasteiger partial charge in [0.05, 0.1) is 30.8 Å². The number of nitrogens with zero attached hydrogens (tertiary/aromatic N) is 5. The molecule has 0 unspecified atom stereocenters. The van der Waals surface area contributed by atoms with Crippen molar-refractivity contribution in [2.75, 3.05) is 7.11 Å². The maximum atomic E-state index is 12.2. The van der Waals surface area contributed by atoms with Gasteiger partial charge < -0.3 is 9.94 Å². The standard InChI is InChI=1S/C19H17N5O4/c1-22-17-8-5-13(9-15(17)18(25)24(27)19(22)26)16-11-23(21-20-16)10-12-3-6-14(28-2)7-4-12/h3-9,11,27H,10H2,1-2H3. The number of aromatic nitrogens is 5. The zero-order valence-electron chi connectivity index (χ0n) is 15.2. The third-order valence-corrected chi connectivity index (χ3v) is 4.59. The third-order valence-electron chi connectivity index (χ3n) is 4.59. The molecule has 0 aliphatic carbocycles. The van der Waals surface area contributed by atoms with Crippen LogP contribution < -0.4 is 16.0 Å². The summed E-state index contributed by atoms with van der Waals surface area (Å²) in [5, 5.41) is 18.2. The van der Waals surface area contributed by atoms with E-state index in [1.165, 1.54) is 11.6 Å². The molecule has 0 fully saturated rings. The van der Waals surface area contributed by atoms with Crippen molar-refractivity contribution in [3.8, 4) is 17.0 Å². The van der Waals surface area contributed by atoms with E-state index in [0.717, 1.165) is 11.3 Å². The fourth-order valence-corrected chi connectivity index (χ4v) is 3.03. The topological polar surface area (TPSA) is 104 Å². The van der Waals surface area contributed by atoms with Crippen molar-refractivity contribution in [3.05, 3.63) is 75.1 Å². The second-order valence-corrected chi connectivity index (χ2v) is 6.34. The molecule has 1 N–H and O–H groups in total. The zero-order chi connectivity index (χ0) is 19.8. The lowest BCUT2D eigenvalue weighted by atomic mass is 10.1. The number of aryl methyl sites for hydroxylation is 1. The number of ether oxygens (including phenoxy) is 1. The van der Waals surface area contributed by atoms with Gasteiger partial charge in [0.25, 0.3) is 5.56 Å². The molecule has 28 heavy (non-hydrogen) atoms. The van der Waals surface area contributed by atoms with Crippen LogP contribution in [-0.4, -0.2) is 36.6 Å². The van der Waals surface area contributed by atoms with Crippen LogP contribution in [0.2, 0.25) is 0 Å². The molecule has 0 amide bonds. The van der Waals surface area contributed by atoms with Gasteiger partial charge in [-0.1, -0.05) is 28.1 Å². The highest BCUT2D eigenvalue weighted by Crippen LogP contribution is 2.20. The van der Waals surface area contributed by atoms with Gasteiger partial charge in [-0.25, -0.2) is 9.48 Å². The number of fused-ring (bicyclic) bond motifs is 1. The summed E-state index contributed by atoms with van der Waals surface area (Å²) in [6.45, 7) is 0.530. The molecule has 0 aliphatic heterocycles. The minimum Gasteiger partial charge on any atom is -0.497 e. The Hall–Kier alpha value is -3.88. The highest BCUT2D eigenvalue weighted by atomic mass is 16.5. The summed E-state index contributed by atoms with van der Waals surface area (Å²) < 4.78 is 8.15. The van der Waals surface area contributed by atoms with E-state index in [-0.39, 0.29) is 10.1 Å². The first-order valence-electron chi connectivity index (χ1n) is 8.46. The average molecular weight is 379 g/mol. The molecule has 0 saturated carbocycles. The monoisotopic (exact) mass is 379 g/mol. The predicted molar refractivity (Wildman–Crippen MR) is 102 cm³/mol. The smallest absolute Gasteiger partial charge is 0.364 e. The van der Waals surface area contributed by atoms with Gasteiger partial charge in [-0.15, -0.1) is 5.10 Å². The summed E-state index contributed by atoms with van der Waals surface area (Å²) in [5.41, 5.74) is 1.13. The van der Waals surface area contributed by atoms with E-state index in [0.29, 0.717) is 23.3 Å². The fourth-order valence-electron chi connectivity index (χ4n) is 3.03. The molecule has 0 atom stereocenters. The lowest BCUT2D eigenvalue weighted by Gasteiger charge is -2.07. The van der Waals surface area contributed by atoms with Crippen molar-refractivity contribution < 1.29 is 9.94 Å². The van der Waals surface area contributed by atoms with Gasteiger partial charge in [-0.3, -0.25) is 9.36 Å². The van der Waals surface area contributed by atoms with E-state index in [1.807, 2.05) is 24.3 Å². The van der Waals surface area contributed by atoms with Gasteiger partial charge >= 0.3 is 5.69 Å². The van der Waals surface area contributed by atoms with Gasteiger partial charge in [0.1, 0.15) is 11.4 Å². The molecular weight excluding hydrogens is 362 g/mol. The molecule has 4 aromatic rings. The van der Waals surface area contributed by atoms with E-state index in [4.69, 9.17) is 4.74 Å². The number of benzene rings is 2. The average Bonchev–Trinajstić information content (AvgIpc) is 3.19. The highest BCUT2D eigenvalue weighted by molar-refractivity contribution is 5.83. The Morgan fingerprint density at radius 3 is 2.57 bits per heavy atom. The van der Waals surface area contributed by atoms with Crippen LogP contribution in [0.4, 0.5) is 0 Å². The Balaban J connectivity index is 1.69. The molecule has 9 nitrogen and oxygen atoms in total. The van der Waals surface area contributed by atoms with E-state index >= 15 is 0 Å². The van der Waals surface area contributed by atoms with Crippen molar-refractivity contribution in [2.45, 2.75) is 6.54 Å². The first kappa shape index (κ1) is 17.5. The highest BCUT2D eigenvalue weighted by Gasteiger charge is 2.12. The summed E-state index contributed by atoms with van der Waals surface area (Å²) in [4.78, 5) is 24.0. The van der Waals surface area contributed by atoms with Crippen molar-refractivity contribution in [1.29, 1.82) is 0 Å². The molecule has 2 aromatic heterocycles. The van der Waals surface area contributed by atoms with Crippen LogP contribution in [0.15, 0.2) is 58.3 Å². The third kappa shape index (κ3) is 2.92. The SMILES string of the molecule is COc1ccc(Cn2cc(-c3ccc4c(c3)c(=O)n(O)c(=O)n4C)nn2)cc1. The fraction of sp³-hybridized carbons (Fsp3) is 0.158. The second kappa shape index (κ2) is 6.69. The lowest BCUT2D eigenvalue weighted by Crippen LogP contribution is -2.37. The molecule has 0 radical (unpaired) electrons. The van der Waals surface area contributed by atoms with Gasteiger partial charge in [-0.2, -0.15) is 0 Å². The van der Waals surface area contributed by atoms with Crippen LogP contribution in [0.25, 0.3) is 22.2 Å². The molecule has 9 heteroatoms. The van der Waals surface area contributed by atoms with Gasteiger partial charge in [0.15, 0.2) is 0 Å². The van der Waals surface area contributed by atoms with Crippen LogP contribution in [0, 0.1) is 0 Å². The lowest BCUT2D eigenvalue weighted by molar-refractivity contribution is 0.158. The molecule has 0 spiro atoms. The number of methoxy groups -OCH3 is 1. The van der Waals surface area contributed by atoms with Crippen LogP contribution in [0.5, 0.6) is 5.75 Å². The van der Waals surface area contributed by atoms with Crippen LogP contribution in [0.1, 0.15) is 5.56 Å².